The molecular weight excluding hydrogens is 294 g/mol. The van der Waals surface area contributed by atoms with E-state index >= 15 is 0 Å². The van der Waals surface area contributed by atoms with E-state index in [4.69, 9.17) is 9.47 Å². The molecule has 1 aliphatic heterocycles. The standard InChI is InChI=1S/C17H19N3O3/c21-16(11-20-9-8-18-12-20)19-13-4-5-14-15(10-13)23-17(22-14)6-2-1-3-7-17/h4-5,8-10,12H,1-3,6-7,11H2,(H,19,21). The van der Waals surface area contributed by atoms with Crippen molar-refractivity contribution in [3.8, 4) is 11.5 Å². The summed E-state index contributed by atoms with van der Waals surface area (Å²) < 4.78 is 13.8. The fourth-order valence-electron chi connectivity index (χ4n) is 3.21. The molecule has 2 aliphatic rings. The van der Waals surface area contributed by atoms with Crippen LogP contribution in [0.1, 0.15) is 32.1 Å². The molecule has 1 spiro atoms. The third-order valence-electron chi connectivity index (χ3n) is 4.32. The lowest BCUT2D eigenvalue weighted by atomic mass is 9.94. The molecule has 0 bridgehead atoms. The Bertz CT molecular complexity index is 706. The van der Waals surface area contributed by atoms with Crippen LogP contribution in [-0.2, 0) is 11.3 Å². The maximum absolute atomic E-state index is 12.0. The molecule has 1 aromatic heterocycles. The number of rotatable bonds is 3. The Morgan fingerprint density at radius 2 is 2.04 bits per heavy atom. The first-order valence-electron chi connectivity index (χ1n) is 8.00. The summed E-state index contributed by atoms with van der Waals surface area (Å²) >= 11 is 0. The van der Waals surface area contributed by atoms with Gasteiger partial charge in [-0.25, -0.2) is 4.98 Å². The van der Waals surface area contributed by atoms with Gasteiger partial charge in [-0.1, -0.05) is 6.42 Å². The third-order valence-corrected chi connectivity index (χ3v) is 4.32. The topological polar surface area (TPSA) is 65.4 Å². The highest BCUT2D eigenvalue weighted by molar-refractivity contribution is 5.91. The van der Waals surface area contributed by atoms with Crippen molar-refractivity contribution in [1.29, 1.82) is 0 Å². The zero-order valence-electron chi connectivity index (χ0n) is 12.8. The Balaban J connectivity index is 1.44. The Hall–Kier alpha value is -2.50. The Kier molecular flexibility index (Phi) is 3.44. The Morgan fingerprint density at radius 3 is 2.83 bits per heavy atom. The van der Waals surface area contributed by atoms with Gasteiger partial charge in [0.05, 0.1) is 6.33 Å². The van der Waals surface area contributed by atoms with Crippen molar-refractivity contribution in [1.82, 2.24) is 9.55 Å². The summed E-state index contributed by atoms with van der Waals surface area (Å²) in [5.41, 5.74) is 0.713. The fraction of sp³-hybridized carbons (Fsp3) is 0.412. The molecule has 1 saturated carbocycles. The first-order chi connectivity index (χ1) is 11.2. The van der Waals surface area contributed by atoms with Crippen molar-refractivity contribution in [2.75, 3.05) is 5.32 Å². The number of fused-ring (bicyclic) bond motifs is 1. The van der Waals surface area contributed by atoms with E-state index in [0.717, 1.165) is 31.4 Å². The molecule has 23 heavy (non-hydrogen) atoms. The largest absolute Gasteiger partial charge is 0.448 e. The van der Waals surface area contributed by atoms with E-state index in [1.165, 1.54) is 6.42 Å². The summed E-state index contributed by atoms with van der Waals surface area (Å²) in [5.74, 6) is 0.890. The van der Waals surface area contributed by atoms with Gasteiger partial charge in [-0.15, -0.1) is 0 Å². The van der Waals surface area contributed by atoms with E-state index in [2.05, 4.69) is 10.3 Å². The highest BCUT2D eigenvalue weighted by Gasteiger charge is 2.42. The van der Waals surface area contributed by atoms with Crippen molar-refractivity contribution >= 4 is 11.6 Å². The second-order valence-electron chi connectivity index (χ2n) is 6.12. The van der Waals surface area contributed by atoms with E-state index in [1.807, 2.05) is 18.2 Å². The average molecular weight is 313 g/mol. The number of nitrogens with one attached hydrogen (secondary N) is 1. The van der Waals surface area contributed by atoms with Gasteiger partial charge in [0.25, 0.3) is 5.79 Å². The maximum atomic E-state index is 12.0. The minimum Gasteiger partial charge on any atom is -0.448 e. The maximum Gasteiger partial charge on any atom is 0.251 e. The molecule has 1 aliphatic carbocycles. The van der Waals surface area contributed by atoms with E-state index < -0.39 is 5.79 Å². The van der Waals surface area contributed by atoms with Gasteiger partial charge < -0.3 is 19.4 Å². The van der Waals surface area contributed by atoms with Gasteiger partial charge >= 0.3 is 0 Å². The Labute approximate surface area is 134 Å². The molecule has 6 nitrogen and oxygen atoms in total. The van der Waals surface area contributed by atoms with Crippen LogP contribution in [0, 0.1) is 0 Å². The van der Waals surface area contributed by atoms with Crippen LogP contribution in [0.5, 0.6) is 11.5 Å². The summed E-state index contributed by atoms with van der Waals surface area (Å²) in [4.78, 5) is 16.0. The minimum absolute atomic E-state index is 0.103. The number of hydrogen-bond donors (Lipinski definition) is 1. The van der Waals surface area contributed by atoms with Gasteiger partial charge in [0, 0.05) is 37.0 Å². The van der Waals surface area contributed by atoms with Crippen LogP contribution < -0.4 is 14.8 Å². The van der Waals surface area contributed by atoms with Gasteiger partial charge in [-0.2, -0.15) is 0 Å². The van der Waals surface area contributed by atoms with Crippen LogP contribution in [0.3, 0.4) is 0 Å². The summed E-state index contributed by atoms with van der Waals surface area (Å²) in [6.45, 7) is 0.235. The molecule has 0 radical (unpaired) electrons. The van der Waals surface area contributed by atoms with Gasteiger partial charge in [0.2, 0.25) is 5.91 Å². The summed E-state index contributed by atoms with van der Waals surface area (Å²) in [6, 6.07) is 5.55. The molecule has 120 valence electrons. The van der Waals surface area contributed by atoms with Gasteiger partial charge in [-0.05, 0) is 25.0 Å². The van der Waals surface area contributed by atoms with Crippen molar-refractivity contribution in [2.24, 2.45) is 0 Å². The third kappa shape index (κ3) is 2.88. The summed E-state index contributed by atoms with van der Waals surface area (Å²) in [5, 5.41) is 2.88. The summed E-state index contributed by atoms with van der Waals surface area (Å²) in [6.07, 6.45) is 10.4. The van der Waals surface area contributed by atoms with Crippen molar-refractivity contribution < 1.29 is 14.3 Å². The molecule has 2 aromatic rings. The number of amides is 1. The monoisotopic (exact) mass is 313 g/mol. The van der Waals surface area contributed by atoms with Crippen LogP contribution in [0.4, 0.5) is 5.69 Å². The highest BCUT2D eigenvalue weighted by Crippen LogP contribution is 2.46. The molecule has 1 N–H and O–H groups in total. The molecule has 0 saturated heterocycles. The normalized spacial score (nSPS) is 18.1. The first-order valence-corrected chi connectivity index (χ1v) is 8.00. The lowest BCUT2D eigenvalue weighted by molar-refractivity contribution is -0.116. The van der Waals surface area contributed by atoms with E-state index in [1.54, 1.807) is 23.3 Å². The number of nitrogens with zero attached hydrogens (tertiary/aromatic N) is 2. The molecule has 0 unspecified atom stereocenters. The van der Waals surface area contributed by atoms with E-state index in [9.17, 15) is 4.79 Å². The average Bonchev–Trinajstić information content (AvgIpc) is 3.15. The smallest absolute Gasteiger partial charge is 0.251 e. The molecule has 1 amide bonds. The molecule has 2 heterocycles. The van der Waals surface area contributed by atoms with Gasteiger partial charge in [-0.3, -0.25) is 4.79 Å². The minimum atomic E-state index is -0.486. The lowest BCUT2D eigenvalue weighted by Gasteiger charge is -2.31. The van der Waals surface area contributed by atoms with Crippen LogP contribution in [0.25, 0.3) is 0 Å². The lowest BCUT2D eigenvalue weighted by Crippen LogP contribution is -2.40. The number of anilines is 1. The van der Waals surface area contributed by atoms with Crippen LogP contribution in [0.15, 0.2) is 36.9 Å². The second-order valence-corrected chi connectivity index (χ2v) is 6.12. The van der Waals surface area contributed by atoms with Crippen LogP contribution in [-0.4, -0.2) is 21.2 Å². The van der Waals surface area contributed by atoms with E-state index in [0.29, 0.717) is 11.4 Å². The quantitative estimate of drug-likeness (QED) is 0.946. The molecule has 1 aromatic carbocycles. The Morgan fingerprint density at radius 1 is 1.22 bits per heavy atom. The predicted molar refractivity (Wildman–Crippen MR) is 84.4 cm³/mol. The SMILES string of the molecule is O=C(Cn1ccnc1)Nc1ccc2c(c1)OC1(CCCCC1)O2. The number of benzene rings is 1. The number of aromatic nitrogens is 2. The van der Waals surface area contributed by atoms with Crippen molar-refractivity contribution in [3.63, 3.8) is 0 Å². The zero-order chi connectivity index (χ0) is 15.7. The number of imidazole rings is 1. The zero-order valence-corrected chi connectivity index (χ0v) is 12.8. The number of ether oxygens (including phenoxy) is 2. The van der Waals surface area contributed by atoms with Crippen molar-refractivity contribution in [3.05, 3.63) is 36.9 Å². The number of hydrogen-bond acceptors (Lipinski definition) is 4. The summed E-state index contributed by atoms with van der Waals surface area (Å²) in [7, 11) is 0. The van der Waals surface area contributed by atoms with Crippen LogP contribution >= 0.6 is 0 Å². The predicted octanol–water partition coefficient (Wildman–Crippen LogP) is 2.95. The fourth-order valence-corrected chi connectivity index (χ4v) is 3.21. The van der Waals surface area contributed by atoms with Gasteiger partial charge in [0.15, 0.2) is 11.5 Å². The van der Waals surface area contributed by atoms with Crippen molar-refractivity contribution in [2.45, 2.75) is 44.4 Å². The molecule has 4 rings (SSSR count). The molecule has 0 atom stereocenters. The number of carbonyl (C=O) groups excluding carboxylic acids is 1. The van der Waals surface area contributed by atoms with Crippen LogP contribution in [0.2, 0.25) is 0 Å². The second kappa shape index (κ2) is 5.61. The highest BCUT2D eigenvalue weighted by atomic mass is 16.7. The molecule has 1 fully saturated rings. The number of carbonyl (C=O) groups is 1. The molecule has 6 heteroatoms. The van der Waals surface area contributed by atoms with E-state index in [-0.39, 0.29) is 12.5 Å². The van der Waals surface area contributed by atoms with Gasteiger partial charge in [0.1, 0.15) is 6.54 Å². The molecular formula is C17H19N3O3. The first kappa shape index (κ1) is 14.1.